The number of hydrogen-bond donors (Lipinski definition) is 1. The molecule has 3 atom stereocenters. The van der Waals surface area contributed by atoms with E-state index in [2.05, 4.69) is 42.6 Å². The maximum atomic E-state index is 3.64. The van der Waals surface area contributed by atoms with Crippen molar-refractivity contribution in [2.75, 3.05) is 13.1 Å². The van der Waals surface area contributed by atoms with Crippen LogP contribution in [0, 0.1) is 11.3 Å². The summed E-state index contributed by atoms with van der Waals surface area (Å²) in [6.07, 6.45) is 8.47. The van der Waals surface area contributed by atoms with E-state index in [0.717, 1.165) is 11.8 Å². The van der Waals surface area contributed by atoms with E-state index in [1.54, 1.807) is 5.56 Å². The summed E-state index contributed by atoms with van der Waals surface area (Å²) in [6.45, 7) is 4.68. The van der Waals surface area contributed by atoms with Crippen LogP contribution >= 0.6 is 0 Å². The first kappa shape index (κ1) is 13.2. The van der Waals surface area contributed by atoms with Crippen LogP contribution in [0.5, 0.6) is 0 Å². The summed E-state index contributed by atoms with van der Waals surface area (Å²) in [5.41, 5.74) is 2.25. The minimum atomic E-state index is 0.653. The molecule has 0 aliphatic heterocycles. The largest absolute Gasteiger partial charge is 0.316 e. The quantitative estimate of drug-likeness (QED) is 0.773. The molecule has 3 rings (SSSR count). The van der Waals surface area contributed by atoms with E-state index in [0.29, 0.717) is 5.41 Å². The zero-order valence-electron chi connectivity index (χ0n) is 12.2. The van der Waals surface area contributed by atoms with Crippen molar-refractivity contribution in [3.05, 3.63) is 35.9 Å². The van der Waals surface area contributed by atoms with E-state index < -0.39 is 0 Å². The smallest absolute Gasteiger partial charge is 0.00148 e. The van der Waals surface area contributed by atoms with Gasteiger partial charge in [0.05, 0.1) is 0 Å². The molecule has 2 fully saturated rings. The van der Waals surface area contributed by atoms with E-state index >= 15 is 0 Å². The average Bonchev–Trinajstić information content (AvgIpc) is 3.14. The summed E-state index contributed by atoms with van der Waals surface area (Å²) in [5, 5.41) is 3.64. The van der Waals surface area contributed by atoms with Crippen LogP contribution in [-0.4, -0.2) is 13.1 Å². The zero-order valence-corrected chi connectivity index (χ0v) is 12.2. The van der Waals surface area contributed by atoms with Gasteiger partial charge >= 0.3 is 0 Å². The van der Waals surface area contributed by atoms with Gasteiger partial charge in [0.2, 0.25) is 0 Å². The molecule has 0 aromatic heterocycles. The molecule has 0 radical (unpaired) electrons. The van der Waals surface area contributed by atoms with Crippen molar-refractivity contribution in [1.82, 2.24) is 5.32 Å². The summed E-state index contributed by atoms with van der Waals surface area (Å²) < 4.78 is 0. The number of hydrogen-bond acceptors (Lipinski definition) is 1. The number of benzene rings is 1. The highest BCUT2D eigenvalue weighted by Crippen LogP contribution is 2.67. The van der Waals surface area contributed by atoms with Gasteiger partial charge in [-0.05, 0) is 61.6 Å². The predicted octanol–water partition coefficient (Wildman–Crippen LogP) is 4.35. The summed E-state index contributed by atoms with van der Waals surface area (Å²) in [7, 11) is 0. The van der Waals surface area contributed by atoms with Gasteiger partial charge in [-0.15, -0.1) is 0 Å². The first-order valence-electron chi connectivity index (χ1n) is 8.12. The molecule has 3 unspecified atom stereocenters. The lowest BCUT2D eigenvalue weighted by molar-refractivity contribution is 0.256. The normalized spacial score (nSPS) is 33.5. The van der Waals surface area contributed by atoms with Crippen LogP contribution in [0.3, 0.4) is 0 Å². The van der Waals surface area contributed by atoms with Crippen molar-refractivity contribution in [1.29, 1.82) is 0 Å². The molecule has 0 bridgehead atoms. The maximum Gasteiger partial charge on any atom is -0.00148 e. The maximum absolute atomic E-state index is 3.64. The van der Waals surface area contributed by atoms with E-state index in [9.17, 15) is 0 Å². The lowest BCUT2D eigenvalue weighted by Crippen LogP contribution is -2.26. The van der Waals surface area contributed by atoms with Crippen LogP contribution in [0.4, 0.5) is 0 Å². The van der Waals surface area contributed by atoms with Gasteiger partial charge in [-0.25, -0.2) is 0 Å². The van der Waals surface area contributed by atoms with Crippen LogP contribution in [0.2, 0.25) is 0 Å². The van der Waals surface area contributed by atoms with Crippen LogP contribution in [-0.2, 0) is 0 Å². The fourth-order valence-electron chi connectivity index (χ4n) is 4.31. The van der Waals surface area contributed by atoms with Gasteiger partial charge in [-0.1, -0.05) is 50.1 Å². The van der Waals surface area contributed by atoms with Crippen molar-refractivity contribution in [3.63, 3.8) is 0 Å². The Kier molecular flexibility index (Phi) is 3.93. The highest BCUT2D eigenvalue weighted by molar-refractivity contribution is 5.27. The van der Waals surface area contributed by atoms with Crippen molar-refractivity contribution < 1.29 is 0 Å². The first-order chi connectivity index (χ1) is 9.37. The van der Waals surface area contributed by atoms with Crippen molar-refractivity contribution in [2.24, 2.45) is 11.3 Å². The van der Waals surface area contributed by atoms with Gasteiger partial charge in [-0.3, -0.25) is 0 Å². The van der Waals surface area contributed by atoms with E-state index in [1.165, 1.54) is 51.6 Å². The molecule has 1 N–H and O–H groups in total. The fourth-order valence-corrected chi connectivity index (χ4v) is 4.31. The molecule has 2 saturated carbocycles. The lowest BCUT2D eigenvalue weighted by atomic mass is 9.71. The average molecular weight is 257 g/mol. The Morgan fingerprint density at radius 3 is 2.84 bits per heavy atom. The molecule has 2 aliphatic rings. The molecule has 1 aromatic rings. The SMILES string of the molecule is CCCNCC1CC12CCCCC2c1ccccc1. The molecule has 0 amide bonds. The molecular weight excluding hydrogens is 230 g/mol. The zero-order chi connectivity index (χ0) is 13.1. The third-order valence-corrected chi connectivity index (χ3v) is 5.38. The summed E-state index contributed by atoms with van der Waals surface area (Å²) in [4.78, 5) is 0. The van der Waals surface area contributed by atoms with Gasteiger partial charge in [0, 0.05) is 0 Å². The van der Waals surface area contributed by atoms with Crippen molar-refractivity contribution in [3.8, 4) is 0 Å². The number of nitrogens with one attached hydrogen (secondary N) is 1. The molecular formula is C18H27N. The molecule has 2 aliphatic carbocycles. The third kappa shape index (κ3) is 2.58. The molecule has 0 saturated heterocycles. The highest BCUT2D eigenvalue weighted by atomic mass is 14.9. The van der Waals surface area contributed by atoms with Crippen LogP contribution in [0.1, 0.15) is 56.9 Å². The van der Waals surface area contributed by atoms with Gasteiger partial charge in [0.1, 0.15) is 0 Å². The fraction of sp³-hybridized carbons (Fsp3) is 0.667. The Labute approximate surface area is 117 Å². The van der Waals surface area contributed by atoms with E-state index in [4.69, 9.17) is 0 Å². The molecule has 1 spiro atoms. The Morgan fingerprint density at radius 2 is 2.05 bits per heavy atom. The topological polar surface area (TPSA) is 12.0 Å². The van der Waals surface area contributed by atoms with Crippen LogP contribution < -0.4 is 5.32 Å². The second-order valence-electron chi connectivity index (χ2n) is 6.55. The minimum Gasteiger partial charge on any atom is -0.316 e. The van der Waals surface area contributed by atoms with Crippen molar-refractivity contribution in [2.45, 2.75) is 51.4 Å². The number of rotatable bonds is 5. The predicted molar refractivity (Wildman–Crippen MR) is 81.4 cm³/mol. The van der Waals surface area contributed by atoms with Gasteiger partial charge in [0.15, 0.2) is 0 Å². The minimum absolute atomic E-state index is 0.653. The monoisotopic (exact) mass is 257 g/mol. The van der Waals surface area contributed by atoms with Gasteiger partial charge in [-0.2, -0.15) is 0 Å². The Bertz CT molecular complexity index is 399. The summed E-state index contributed by atoms with van der Waals surface area (Å²) in [5.74, 6) is 1.76. The van der Waals surface area contributed by atoms with E-state index in [-0.39, 0.29) is 0 Å². The van der Waals surface area contributed by atoms with E-state index in [1.807, 2.05) is 0 Å². The van der Waals surface area contributed by atoms with Gasteiger partial charge < -0.3 is 5.32 Å². The summed E-state index contributed by atoms with van der Waals surface area (Å²) >= 11 is 0. The van der Waals surface area contributed by atoms with Crippen molar-refractivity contribution >= 4 is 0 Å². The Morgan fingerprint density at radius 1 is 1.21 bits per heavy atom. The van der Waals surface area contributed by atoms with Gasteiger partial charge in [0.25, 0.3) is 0 Å². The van der Waals surface area contributed by atoms with Crippen LogP contribution in [0.25, 0.3) is 0 Å². The molecule has 1 aromatic carbocycles. The Balaban J connectivity index is 1.69. The molecule has 1 heteroatoms. The molecule has 19 heavy (non-hydrogen) atoms. The molecule has 104 valence electrons. The second-order valence-corrected chi connectivity index (χ2v) is 6.55. The van der Waals surface area contributed by atoms with Crippen LogP contribution in [0.15, 0.2) is 30.3 Å². The highest BCUT2D eigenvalue weighted by Gasteiger charge is 2.58. The first-order valence-corrected chi connectivity index (χ1v) is 8.12. The molecule has 1 nitrogen and oxygen atoms in total. The lowest BCUT2D eigenvalue weighted by Gasteiger charge is -2.33. The molecule has 0 heterocycles. The Hall–Kier alpha value is -0.820. The standard InChI is InChI=1S/C18H27N/c1-2-12-19-14-16-13-18(16)11-7-6-10-17(18)15-8-4-3-5-9-15/h3-5,8-9,16-17,19H,2,6-7,10-14H2,1H3. The third-order valence-electron chi connectivity index (χ3n) is 5.38. The summed E-state index contributed by atoms with van der Waals surface area (Å²) in [6, 6.07) is 11.3. The second kappa shape index (κ2) is 5.66.